The van der Waals surface area contributed by atoms with Gasteiger partial charge in [0.1, 0.15) is 6.33 Å². The number of hydrogen-bond donors (Lipinski definition) is 1. The molecule has 3 atom stereocenters. The Kier molecular flexibility index (Phi) is 4.23. The number of rotatable bonds is 3. The number of nitrogens with zero attached hydrogens (tertiary/aromatic N) is 4. The van der Waals surface area contributed by atoms with Crippen molar-refractivity contribution in [3.05, 3.63) is 46.6 Å². The van der Waals surface area contributed by atoms with Gasteiger partial charge in [0.15, 0.2) is 0 Å². The number of ether oxygens (including phenoxy) is 1. The Labute approximate surface area is 150 Å². The molecule has 1 fully saturated rings. The Balaban J connectivity index is 1.81. The van der Waals surface area contributed by atoms with Crippen molar-refractivity contribution in [1.82, 2.24) is 19.5 Å². The van der Waals surface area contributed by atoms with Gasteiger partial charge >= 0.3 is 0 Å². The standard InChI is InChI=1S/C18H22N4O2S/c1-11-4-6-14(7-5-11)15(21-8-12(2)24-13(3)9-21)16-17(23)22-18(25-16)19-10-20-22/h4-7,10,12-13,15,23H,8-9H2,1-3H3/t12-,13-,15+/m0/s1. The molecule has 3 aromatic rings. The number of aromatic nitrogens is 3. The van der Waals surface area contributed by atoms with Crippen molar-refractivity contribution < 1.29 is 9.84 Å². The second-order valence-corrected chi connectivity index (χ2v) is 7.78. The second kappa shape index (κ2) is 6.40. The van der Waals surface area contributed by atoms with Crippen molar-refractivity contribution in [2.75, 3.05) is 13.1 Å². The van der Waals surface area contributed by atoms with Crippen LogP contribution >= 0.6 is 11.3 Å². The minimum Gasteiger partial charge on any atom is -0.492 e. The number of aromatic hydroxyl groups is 1. The van der Waals surface area contributed by atoms with Gasteiger partial charge in [0, 0.05) is 13.1 Å². The first kappa shape index (κ1) is 16.5. The summed E-state index contributed by atoms with van der Waals surface area (Å²) in [5.74, 6) is 0.176. The lowest BCUT2D eigenvalue weighted by Gasteiger charge is -2.40. The summed E-state index contributed by atoms with van der Waals surface area (Å²) >= 11 is 1.49. The van der Waals surface area contributed by atoms with Gasteiger partial charge in [-0.15, -0.1) is 0 Å². The molecule has 7 heteroatoms. The summed E-state index contributed by atoms with van der Waals surface area (Å²) in [5, 5.41) is 14.9. The molecule has 132 valence electrons. The maximum absolute atomic E-state index is 10.7. The summed E-state index contributed by atoms with van der Waals surface area (Å²) < 4.78 is 7.41. The average Bonchev–Trinajstić information content (AvgIpc) is 3.13. The molecule has 6 nitrogen and oxygen atoms in total. The Morgan fingerprint density at radius 1 is 1.20 bits per heavy atom. The summed E-state index contributed by atoms with van der Waals surface area (Å²) in [7, 11) is 0. The molecule has 1 saturated heterocycles. The third kappa shape index (κ3) is 3.03. The highest BCUT2D eigenvalue weighted by atomic mass is 32.1. The number of fused-ring (bicyclic) bond motifs is 1. The summed E-state index contributed by atoms with van der Waals surface area (Å²) in [5.41, 5.74) is 2.38. The summed E-state index contributed by atoms with van der Waals surface area (Å²) in [4.78, 5) is 8.20. The first-order valence-corrected chi connectivity index (χ1v) is 9.32. The van der Waals surface area contributed by atoms with Gasteiger partial charge in [0.05, 0.1) is 23.1 Å². The number of hydrogen-bond acceptors (Lipinski definition) is 6. The van der Waals surface area contributed by atoms with Gasteiger partial charge in [-0.25, -0.2) is 4.98 Å². The van der Waals surface area contributed by atoms with E-state index >= 15 is 0 Å². The van der Waals surface area contributed by atoms with Crippen LogP contribution in [0.3, 0.4) is 0 Å². The molecule has 0 bridgehead atoms. The Morgan fingerprint density at radius 3 is 2.52 bits per heavy atom. The molecule has 0 saturated carbocycles. The van der Waals surface area contributed by atoms with E-state index in [-0.39, 0.29) is 24.1 Å². The molecule has 1 aliphatic heterocycles. The number of aryl methyl sites for hydroxylation is 1. The molecule has 1 aromatic carbocycles. The maximum atomic E-state index is 10.7. The van der Waals surface area contributed by atoms with Gasteiger partial charge in [-0.3, -0.25) is 4.90 Å². The minimum atomic E-state index is -0.0390. The van der Waals surface area contributed by atoms with Crippen LogP contribution in [0.4, 0.5) is 0 Å². The molecular weight excluding hydrogens is 336 g/mol. The highest BCUT2D eigenvalue weighted by molar-refractivity contribution is 7.17. The first-order chi connectivity index (χ1) is 12.0. The zero-order chi connectivity index (χ0) is 17.6. The molecule has 3 heterocycles. The summed E-state index contributed by atoms with van der Waals surface area (Å²) in [6.45, 7) is 7.90. The fourth-order valence-electron chi connectivity index (χ4n) is 3.58. The van der Waals surface area contributed by atoms with Crippen LogP contribution in [0.15, 0.2) is 30.6 Å². The third-order valence-electron chi connectivity index (χ3n) is 4.59. The number of morpholine rings is 1. The highest BCUT2D eigenvalue weighted by Gasteiger charge is 2.33. The van der Waals surface area contributed by atoms with Gasteiger partial charge in [-0.05, 0) is 26.3 Å². The zero-order valence-corrected chi connectivity index (χ0v) is 15.4. The lowest BCUT2D eigenvalue weighted by molar-refractivity contribution is -0.0764. The van der Waals surface area contributed by atoms with Crippen molar-refractivity contribution in [2.24, 2.45) is 0 Å². The Bertz CT molecular complexity index is 863. The predicted octanol–water partition coefficient (Wildman–Crippen LogP) is 3.00. The highest BCUT2D eigenvalue weighted by Crippen LogP contribution is 2.40. The van der Waals surface area contributed by atoms with Crippen LogP contribution in [0.2, 0.25) is 0 Å². The van der Waals surface area contributed by atoms with Crippen LogP contribution in [-0.4, -0.2) is 49.9 Å². The van der Waals surface area contributed by atoms with Crippen LogP contribution in [0.5, 0.6) is 5.88 Å². The first-order valence-electron chi connectivity index (χ1n) is 8.50. The van der Waals surface area contributed by atoms with Crippen molar-refractivity contribution in [1.29, 1.82) is 0 Å². The second-order valence-electron chi connectivity index (χ2n) is 6.77. The molecule has 0 amide bonds. The summed E-state index contributed by atoms with van der Waals surface area (Å²) in [6, 6.07) is 8.47. The van der Waals surface area contributed by atoms with Crippen LogP contribution < -0.4 is 0 Å². The average molecular weight is 358 g/mol. The van der Waals surface area contributed by atoms with E-state index in [9.17, 15) is 5.11 Å². The molecule has 2 aromatic heterocycles. The van der Waals surface area contributed by atoms with E-state index < -0.39 is 0 Å². The van der Waals surface area contributed by atoms with Gasteiger partial charge < -0.3 is 9.84 Å². The Morgan fingerprint density at radius 2 is 1.88 bits per heavy atom. The zero-order valence-electron chi connectivity index (χ0n) is 14.6. The molecule has 1 N–H and O–H groups in total. The lowest BCUT2D eigenvalue weighted by Crippen LogP contribution is -2.47. The van der Waals surface area contributed by atoms with E-state index in [2.05, 4.69) is 60.0 Å². The van der Waals surface area contributed by atoms with Crippen LogP contribution in [0, 0.1) is 6.92 Å². The van der Waals surface area contributed by atoms with E-state index in [0.717, 1.165) is 23.5 Å². The minimum absolute atomic E-state index is 0.0390. The molecular formula is C18H22N4O2S. The molecule has 0 spiro atoms. The smallest absolute Gasteiger partial charge is 0.230 e. The van der Waals surface area contributed by atoms with Crippen LogP contribution in [-0.2, 0) is 4.74 Å². The van der Waals surface area contributed by atoms with E-state index in [1.165, 1.54) is 27.7 Å². The molecule has 4 rings (SSSR count). The quantitative estimate of drug-likeness (QED) is 0.780. The fraction of sp³-hybridized carbons (Fsp3) is 0.444. The van der Waals surface area contributed by atoms with Crippen molar-refractivity contribution in [3.63, 3.8) is 0 Å². The largest absolute Gasteiger partial charge is 0.492 e. The maximum Gasteiger partial charge on any atom is 0.230 e. The van der Waals surface area contributed by atoms with Gasteiger partial charge in [0.25, 0.3) is 0 Å². The van der Waals surface area contributed by atoms with E-state index in [4.69, 9.17) is 4.74 Å². The van der Waals surface area contributed by atoms with Crippen molar-refractivity contribution in [3.8, 4) is 5.88 Å². The van der Waals surface area contributed by atoms with E-state index in [1.807, 2.05) is 0 Å². The Hall–Kier alpha value is -1.96. The lowest BCUT2D eigenvalue weighted by atomic mass is 10.0. The number of benzene rings is 1. The van der Waals surface area contributed by atoms with Gasteiger partial charge in [0.2, 0.25) is 10.8 Å². The predicted molar refractivity (Wildman–Crippen MR) is 97.1 cm³/mol. The third-order valence-corrected chi connectivity index (χ3v) is 5.68. The van der Waals surface area contributed by atoms with Crippen molar-refractivity contribution >= 4 is 16.3 Å². The normalized spacial score (nSPS) is 23.2. The number of thiazole rings is 1. The molecule has 0 aliphatic carbocycles. The van der Waals surface area contributed by atoms with Crippen LogP contribution in [0.1, 0.15) is 35.9 Å². The summed E-state index contributed by atoms with van der Waals surface area (Å²) in [6.07, 6.45) is 1.77. The molecule has 25 heavy (non-hydrogen) atoms. The molecule has 1 aliphatic rings. The fourth-order valence-corrected chi connectivity index (χ4v) is 4.67. The van der Waals surface area contributed by atoms with Gasteiger partial charge in [-0.2, -0.15) is 9.61 Å². The molecule has 0 radical (unpaired) electrons. The van der Waals surface area contributed by atoms with E-state index in [0.29, 0.717) is 4.96 Å². The van der Waals surface area contributed by atoms with Gasteiger partial charge in [-0.1, -0.05) is 41.2 Å². The van der Waals surface area contributed by atoms with E-state index in [1.54, 1.807) is 0 Å². The van der Waals surface area contributed by atoms with Crippen molar-refractivity contribution in [2.45, 2.75) is 39.0 Å². The van der Waals surface area contributed by atoms with Crippen LogP contribution in [0.25, 0.3) is 4.96 Å². The monoisotopic (exact) mass is 358 g/mol. The SMILES string of the molecule is Cc1ccc([C@H](c2sc3ncnn3c2O)N2C[C@H](C)O[C@@H](C)C2)cc1. The topological polar surface area (TPSA) is 62.9 Å². The molecule has 0 unspecified atom stereocenters.